The van der Waals surface area contributed by atoms with Gasteiger partial charge in [0.05, 0.1) is 23.8 Å². The molecule has 1 atom stereocenters. The van der Waals surface area contributed by atoms with Gasteiger partial charge < -0.3 is 19.9 Å². The highest BCUT2D eigenvalue weighted by molar-refractivity contribution is 7.91. The summed E-state index contributed by atoms with van der Waals surface area (Å²) < 4.78 is 29.9. The normalized spacial score (nSPS) is 21.2. The summed E-state index contributed by atoms with van der Waals surface area (Å²) in [6, 6.07) is -0.396. The second-order valence-electron chi connectivity index (χ2n) is 6.66. The van der Waals surface area contributed by atoms with Crippen LogP contribution in [0.2, 0.25) is 0 Å². The molecule has 0 aliphatic carbocycles. The van der Waals surface area contributed by atoms with E-state index in [0.717, 1.165) is 18.5 Å². The average molecular weight is 384 g/mol. The maximum atomic E-state index is 12.6. The number of carbonyl (C=O) groups is 2. The topological polar surface area (TPSA) is 119 Å². The van der Waals surface area contributed by atoms with Crippen molar-refractivity contribution in [2.45, 2.75) is 38.3 Å². The fraction of sp³-hybridized carbons (Fsp3) is 0.688. The molecule has 0 radical (unpaired) electrons. The van der Waals surface area contributed by atoms with Crippen LogP contribution < -0.4 is 10.6 Å². The first kappa shape index (κ1) is 18.8. The van der Waals surface area contributed by atoms with Gasteiger partial charge in [-0.1, -0.05) is 0 Å². The van der Waals surface area contributed by atoms with E-state index in [2.05, 4.69) is 15.6 Å². The quantitative estimate of drug-likeness (QED) is 0.639. The zero-order valence-electron chi connectivity index (χ0n) is 14.8. The third-order valence-corrected chi connectivity index (χ3v) is 6.46. The molecule has 0 aromatic carbocycles. The molecule has 2 aliphatic rings. The number of nitrogens with zero attached hydrogens (tertiary/aromatic N) is 2. The van der Waals surface area contributed by atoms with Crippen LogP contribution in [-0.4, -0.2) is 67.6 Å². The number of rotatable bonds is 6. The maximum absolute atomic E-state index is 12.6. The van der Waals surface area contributed by atoms with Crippen molar-refractivity contribution in [1.82, 2.24) is 20.2 Å². The summed E-state index contributed by atoms with van der Waals surface area (Å²) in [5, 5.41) is 5.49. The molecule has 3 heterocycles. The zero-order chi connectivity index (χ0) is 18.7. The summed E-state index contributed by atoms with van der Waals surface area (Å²) in [6.45, 7) is 1.39. The van der Waals surface area contributed by atoms with E-state index < -0.39 is 21.8 Å². The molecule has 2 aliphatic heterocycles. The summed E-state index contributed by atoms with van der Waals surface area (Å²) in [4.78, 5) is 29.3. The Morgan fingerprint density at radius 2 is 2.12 bits per heavy atom. The van der Waals surface area contributed by atoms with Crippen molar-refractivity contribution in [3.63, 3.8) is 0 Å². The molecular formula is C16H24N4O5S. The van der Waals surface area contributed by atoms with Crippen LogP contribution >= 0.6 is 0 Å². The van der Waals surface area contributed by atoms with Crippen LogP contribution in [0, 0.1) is 0 Å². The molecule has 2 amide bonds. The van der Waals surface area contributed by atoms with Crippen LogP contribution in [0.5, 0.6) is 0 Å². The number of carbonyl (C=O) groups excluding carboxylic acids is 2. The molecule has 144 valence electrons. The number of methoxy groups -OCH3 is 1. The van der Waals surface area contributed by atoms with Crippen LogP contribution in [-0.2, 0) is 27.5 Å². The molecule has 1 aromatic heterocycles. The second kappa shape index (κ2) is 7.75. The molecule has 2 N–H and O–H groups in total. The molecule has 0 saturated carbocycles. The van der Waals surface area contributed by atoms with Crippen LogP contribution in [0.3, 0.4) is 0 Å². The van der Waals surface area contributed by atoms with Crippen molar-refractivity contribution in [2.75, 3.05) is 31.8 Å². The predicted molar refractivity (Wildman–Crippen MR) is 93.9 cm³/mol. The van der Waals surface area contributed by atoms with Gasteiger partial charge in [0, 0.05) is 26.2 Å². The van der Waals surface area contributed by atoms with Crippen LogP contribution in [0.4, 0.5) is 0 Å². The minimum Gasteiger partial charge on any atom is -0.383 e. The molecule has 1 saturated heterocycles. The van der Waals surface area contributed by atoms with Gasteiger partial charge in [-0.3, -0.25) is 9.59 Å². The molecule has 0 bridgehead atoms. The first-order valence-corrected chi connectivity index (χ1v) is 10.6. The van der Waals surface area contributed by atoms with Gasteiger partial charge >= 0.3 is 0 Å². The first-order chi connectivity index (χ1) is 12.4. The van der Waals surface area contributed by atoms with Crippen LogP contribution in [0.25, 0.3) is 0 Å². The zero-order valence-corrected chi connectivity index (χ0v) is 15.6. The molecule has 10 heteroatoms. The largest absolute Gasteiger partial charge is 0.383 e. The van der Waals surface area contributed by atoms with Crippen LogP contribution in [0.15, 0.2) is 0 Å². The predicted octanol–water partition coefficient (Wildman–Crippen LogP) is -0.487. The van der Waals surface area contributed by atoms with Gasteiger partial charge in [0.1, 0.15) is 5.69 Å². The van der Waals surface area contributed by atoms with E-state index in [4.69, 9.17) is 4.74 Å². The Labute approximate surface area is 152 Å². The number of nitrogens with one attached hydrogen (secondary N) is 2. The molecular weight excluding hydrogens is 360 g/mol. The Morgan fingerprint density at radius 1 is 1.31 bits per heavy atom. The van der Waals surface area contributed by atoms with E-state index in [9.17, 15) is 18.0 Å². The minimum atomic E-state index is -3.08. The average Bonchev–Trinajstić information content (AvgIpc) is 3.15. The van der Waals surface area contributed by atoms with E-state index in [1.165, 1.54) is 0 Å². The molecule has 9 nitrogen and oxygen atoms in total. The maximum Gasteiger partial charge on any atom is 0.287 e. The lowest BCUT2D eigenvalue weighted by Gasteiger charge is -2.17. The van der Waals surface area contributed by atoms with E-state index >= 15 is 0 Å². The highest BCUT2D eigenvalue weighted by atomic mass is 32.2. The van der Waals surface area contributed by atoms with Gasteiger partial charge in [0.2, 0.25) is 0 Å². The Hall–Kier alpha value is -1.94. The SMILES string of the molecule is COCCNC(=O)c1nc(C(=O)NC2CCS(=O)(=O)C2)c2n1CCCC2. The third kappa shape index (κ3) is 4.07. The Bertz CT molecular complexity index is 802. The fourth-order valence-electron chi connectivity index (χ4n) is 3.41. The van der Waals surface area contributed by atoms with Crippen molar-refractivity contribution >= 4 is 21.7 Å². The Morgan fingerprint density at radius 3 is 2.81 bits per heavy atom. The van der Waals surface area contributed by atoms with Gasteiger partial charge in [-0.05, 0) is 25.7 Å². The van der Waals surface area contributed by atoms with Crippen LogP contribution in [0.1, 0.15) is 46.1 Å². The van der Waals surface area contributed by atoms with Gasteiger partial charge in [0.15, 0.2) is 15.7 Å². The lowest BCUT2D eigenvalue weighted by atomic mass is 10.1. The fourth-order valence-corrected chi connectivity index (χ4v) is 5.08. The van der Waals surface area contributed by atoms with Crippen molar-refractivity contribution in [3.05, 3.63) is 17.2 Å². The van der Waals surface area contributed by atoms with Gasteiger partial charge in [-0.2, -0.15) is 0 Å². The number of imidazole rings is 1. The number of amides is 2. The lowest BCUT2D eigenvalue weighted by Crippen LogP contribution is -2.36. The molecule has 1 fully saturated rings. The number of sulfone groups is 1. The van der Waals surface area contributed by atoms with Crippen molar-refractivity contribution in [3.8, 4) is 0 Å². The van der Waals surface area contributed by atoms with Gasteiger partial charge in [0.25, 0.3) is 11.8 Å². The molecule has 1 unspecified atom stereocenters. The van der Waals surface area contributed by atoms with E-state index in [-0.39, 0.29) is 28.9 Å². The summed E-state index contributed by atoms with van der Waals surface area (Å²) in [6.07, 6.45) is 2.93. The number of aromatic nitrogens is 2. The monoisotopic (exact) mass is 384 g/mol. The second-order valence-corrected chi connectivity index (χ2v) is 8.89. The highest BCUT2D eigenvalue weighted by Gasteiger charge is 2.32. The van der Waals surface area contributed by atoms with Crippen molar-refractivity contribution < 1.29 is 22.7 Å². The number of hydrogen-bond donors (Lipinski definition) is 2. The third-order valence-electron chi connectivity index (χ3n) is 4.70. The number of hydrogen-bond acceptors (Lipinski definition) is 6. The Kier molecular flexibility index (Phi) is 5.61. The van der Waals surface area contributed by atoms with Gasteiger partial charge in [-0.15, -0.1) is 0 Å². The van der Waals surface area contributed by atoms with Crippen molar-refractivity contribution in [2.24, 2.45) is 0 Å². The van der Waals surface area contributed by atoms with E-state index in [1.54, 1.807) is 11.7 Å². The van der Waals surface area contributed by atoms with Crippen molar-refractivity contribution in [1.29, 1.82) is 0 Å². The molecule has 26 heavy (non-hydrogen) atoms. The summed E-state index contributed by atoms with van der Waals surface area (Å²) >= 11 is 0. The summed E-state index contributed by atoms with van der Waals surface area (Å²) in [5.41, 5.74) is 0.970. The molecule has 0 spiro atoms. The number of ether oxygens (including phenoxy) is 1. The minimum absolute atomic E-state index is 0.0425. The standard InChI is InChI=1S/C16H24N4O5S/c1-25-8-6-17-16(22)14-19-13(12-4-2-3-7-20(12)14)15(21)18-11-5-9-26(23,24)10-11/h11H,2-10H2,1H3,(H,17,22)(H,18,21). The summed E-state index contributed by atoms with van der Waals surface area (Å²) in [5.74, 6) is -0.479. The Balaban J connectivity index is 1.78. The summed E-state index contributed by atoms with van der Waals surface area (Å²) in [7, 11) is -1.53. The first-order valence-electron chi connectivity index (χ1n) is 8.79. The van der Waals surface area contributed by atoms with E-state index in [0.29, 0.717) is 32.5 Å². The lowest BCUT2D eigenvalue weighted by molar-refractivity contribution is 0.0921. The van der Waals surface area contributed by atoms with E-state index in [1.807, 2.05) is 0 Å². The molecule has 1 aromatic rings. The number of fused-ring (bicyclic) bond motifs is 1. The molecule has 3 rings (SSSR count). The highest BCUT2D eigenvalue weighted by Crippen LogP contribution is 2.22. The smallest absolute Gasteiger partial charge is 0.287 e. The van der Waals surface area contributed by atoms with Gasteiger partial charge in [-0.25, -0.2) is 13.4 Å².